The third-order valence-electron chi connectivity index (χ3n) is 6.08. The fraction of sp³-hybridized carbons (Fsp3) is 0.194. The van der Waals surface area contributed by atoms with Gasteiger partial charge in [-0.25, -0.2) is 4.57 Å². The lowest BCUT2D eigenvalue weighted by Gasteiger charge is -2.31. The second-order valence-corrected chi connectivity index (χ2v) is 11.4. The first-order valence-electron chi connectivity index (χ1n) is 12.8. The van der Waals surface area contributed by atoms with Crippen molar-refractivity contribution in [1.29, 1.82) is 0 Å². The van der Waals surface area contributed by atoms with Crippen molar-refractivity contribution < 1.29 is 23.5 Å². The van der Waals surface area contributed by atoms with E-state index in [-0.39, 0.29) is 18.4 Å². The summed E-state index contributed by atoms with van der Waals surface area (Å²) in [5.74, 6) is -0.270. The van der Waals surface area contributed by atoms with Gasteiger partial charge in [-0.1, -0.05) is 80.6 Å². The maximum atomic E-state index is 14.4. The number of anilines is 1. The van der Waals surface area contributed by atoms with E-state index in [1.807, 2.05) is 80.6 Å². The molecule has 0 aliphatic rings. The van der Waals surface area contributed by atoms with Gasteiger partial charge in [0.1, 0.15) is 11.5 Å². The number of amides is 1. The van der Waals surface area contributed by atoms with Crippen molar-refractivity contribution in [3.05, 3.63) is 126 Å². The molecule has 0 radical (unpaired) electrons. The molecule has 0 heterocycles. The van der Waals surface area contributed by atoms with Gasteiger partial charge in [-0.2, -0.15) is 0 Å². The molecule has 0 saturated heterocycles. The van der Waals surface area contributed by atoms with Gasteiger partial charge in [0, 0.05) is 11.3 Å². The van der Waals surface area contributed by atoms with Crippen molar-refractivity contribution in [2.24, 2.45) is 5.92 Å². The Morgan fingerprint density at radius 1 is 0.769 bits per heavy atom. The Hall–Kier alpha value is -4.06. The Kier molecular flexibility index (Phi) is 9.42. The van der Waals surface area contributed by atoms with Crippen LogP contribution in [0.25, 0.3) is 0 Å². The number of hydrogen-bond acceptors (Lipinski definition) is 6. The van der Waals surface area contributed by atoms with Crippen LogP contribution in [0.4, 0.5) is 5.69 Å². The number of carbonyl (C=O) groups excluding carboxylic acids is 1. The fourth-order valence-electron chi connectivity index (χ4n) is 4.05. The van der Waals surface area contributed by atoms with E-state index in [1.165, 1.54) is 0 Å². The van der Waals surface area contributed by atoms with E-state index in [9.17, 15) is 14.5 Å². The monoisotopic (exact) mass is 544 g/mol. The van der Waals surface area contributed by atoms with Crippen LogP contribution in [0.1, 0.15) is 35.8 Å². The molecule has 2 atom stereocenters. The van der Waals surface area contributed by atoms with E-state index in [0.717, 1.165) is 5.56 Å². The zero-order valence-corrected chi connectivity index (χ0v) is 22.8. The first kappa shape index (κ1) is 28.0. The molecule has 0 fully saturated rings. The normalized spacial score (nSPS) is 12.8. The smallest absolute Gasteiger partial charge is 0.415 e. The standard InChI is InChI=1S/C31H33N2O5P/c1-23(2)31(39(36,37-27-14-8-4-9-15-27)38-28-16-10-5-11-17-28)32-26-20-18-25(19-21-26)30(35)33-29(22-34)24-12-6-3-7-13-24/h3-21,23,29,31-32,34H,22H2,1-2H3,(H,33,35)/t29-,31?/m1/s1. The largest absolute Gasteiger partial charge is 0.453 e. The van der Waals surface area contributed by atoms with Crippen molar-refractivity contribution in [3.63, 3.8) is 0 Å². The van der Waals surface area contributed by atoms with Crippen LogP contribution in [-0.4, -0.2) is 23.4 Å². The molecule has 1 amide bonds. The molecular weight excluding hydrogens is 511 g/mol. The molecule has 4 aromatic rings. The quantitative estimate of drug-likeness (QED) is 0.168. The van der Waals surface area contributed by atoms with Crippen LogP contribution in [0.5, 0.6) is 11.5 Å². The molecule has 1 unspecified atom stereocenters. The predicted octanol–water partition coefficient (Wildman–Crippen LogP) is 6.90. The number of hydrogen-bond donors (Lipinski definition) is 3. The Labute approximate surface area is 229 Å². The number of rotatable bonds is 12. The highest BCUT2D eigenvalue weighted by Gasteiger charge is 2.41. The molecule has 0 aliphatic heterocycles. The Balaban J connectivity index is 1.53. The Bertz CT molecular complexity index is 1320. The van der Waals surface area contributed by atoms with Crippen LogP contribution in [0.15, 0.2) is 115 Å². The van der Waals surface area contributed by atoms with Gasteiger partial charge in [0.05, 0.1) is 12.6 Å². The van der Waals surface area contributed by atoms with Crippen LogP contribution in [0.2, 0.25) is 0 Å². The zero-order valence-electron chi connectivity index (χ0n) is 21.9. The van der Waals surface area contributed by atoms with Gasteiger partial charge < -0.3 is 24.8 Å². The van der Waals surface area contributed by atoms with Crippen molar-refractivity contribution in [1.82, 2.24) is 5.32 Å². The summed E-state index contributed by atoms with van der Waals surface area (Å²) in [5, 5.41) is 16.0. The van der Waals surface area contributed by atoms with Gasteiger partial charge in [0.2, 0.25) is 0 Å². The van der Waals surface area contributed by atoms with E-state index in [0.29, 0.717) is 22.7 Å². The molecule has 0 aliphatic carbocycles. The summed E-state index contributed by atoms with van der Waals surface area (Å²) in [6, 6.07) is 33.5. The van der Waals surface area contributed by atoms with E-state index in [2.05, 4.69) is 10.6 Å². The van der Waals surface area contributed by atoms with Crippen molar-refractivity contribution in [2.75, 3.05) is 11.9 Å². The summed E-state index contributed by atoms with van der Waals surface area (Å²) >= 11 is 0. The summed E-state index contributed by atoms with van der Waals surface area (Å²) in [6.45, 7) is 3.66. The van der Waals surface area contributed by atoms with Gasteiger partial charge in [0.15, 0.2) is 5.78 Å². The average molecular weight is 545 g/mol. The molecule has 0 spiro atoms. The third kappa shape index (κ3) is 7.50. The molecule has 0 saturated carbocycles. The molecule has 4 rings (SSSR count). The number of aliphatic hydroxyl groups excluding tert-OH is 1. The van der Waals surface area contributed by atoms with Gasteiger partial charge in [-0.3, -0.25) is 4.79 Å². The number of carbonyl (C=O) groups is 1. The summed E-state index contributed by atoms with van der Waals surface area (Å²) < 4.78 is 26.5. The summed E-state index contributed by atoms with van der Waals surface area (Å²) in [5.41, 5.74) is 1.90. The summed E-state index contributed by atoms with van der Waals surface area (Å²) in [7, 11) is -3.80. The number of aliphatic hydroxyl groups is 1. The minimum absolute atomic E-state index is 0.137. The Morgan fingerprint density at radius 2 is 1.26 bits per heavy atom. The molecule has 3 N–H and O–H groups in total. The fourth-order valence-corrected chi connectivity index (χ4v) is 6.18. The van der Waals surface area contributed by atoms with E-state index in [1.54, 1.807) is 48.5 Å². The van der Waals surface area contributed by atoms with Crippen molar-refractivity contribution in [3.8, 4) is 11.5 Å². The van der Waals surface area contributed by atoms with Gasteiger partial charge in [-0.05, 0) is 60.0 Å². The highest BCUT2D eigenvalue weighted by atomic mass is 31.2. The van der Waals surface area contributed by atoms with Crippen LogP contribution in [0, 0.1) is 5.92 Å². The summed E-state index contributed by atoms with van der Waals surface area (Å²) in [4.78, 5) is 12.9. The average Bonchev–Trinajstić information content (AvgIpc) is 2.96. The topological polar surface area (TPSA) is 96.9 Å². The predicted molar refractivity (Wildman–Crippen MR) is 154 cm³/mol. The second kappa shape index (κ2) is 13.1. The molecule has 0 aromatic heterocycles. The van der Waals surface area contributed by atoms with Crippen LogP contribution < -0.4 is 19.7 Å². The summed E-state index contributed by atoms with van der Waals surface area (Å²) in [6.07, 6.45) is 0. The highest BCUT2D eigenvalue weighted by molar-refractivity contribution is 7.55. The lowest BCUT2D eigenvalue weighted by Crippen LogP contribution is -2.31. The minimum Gasteiger partial charge on any atom is -0.415 e. The van der Waals surface area contributed by atoms with E-state index < -0.39 is 19.4 Å². The molecule has 4 aromatic carbocycles. The van der Waals surface area contributed by atoms with Crippen LogP contribution in [-0.2, 0) is 4.57 Å². The molecule has 7 nitrogen and oxygen atoms in total. The van der Waals surface area contributed by atoms with E-state index >= 15 is 0 Å². The molecule has 8 heteroatoms. The lowest BCUT2D eigenvalue weighted by atomic mass is 10.1. The molecule has 0 bridgehead atoms. The maximum absolute atomic E-state index is 14.4. The van der Waals surface area contributed by atoms with Gasteiger partial charge in [0.25, 0.3) is 5.91 Å². The van der Waals surface area contributed by atoms with Crippen LogP contribution >= 0.6 is 7.60 Å². The lowest BCUT2D eigenvalue weighted by molar-refractivity contribution is 0.0916. The van der Waals surface area contributed by atoms with Crippen LogP contribution in [0.3, 0.4) is 0 Å². The highest BCUT2D eigenvalue weighted by Crippen LogP contribution is 2.55. The maximum Gasteiger partial charge on any atom is 0.453 e. The van der Waals surface area contributed by atoms with Gasteiger partial charge >= 0.3 is 7.60 Å². The van der Waals surface area contributed by atoms with Crippen molar-refractivity contribution in [2.45, 2.75) is 25.7 Å². The van der Waals surface area contributed by atoms with E-state index in [4.69, 9.17) is 9.05 Å². The zero-order chi connectivity index (χ0) is 27.7. The molecule has 39 heavy (non-hydrogen) atoms. The van der Waals surface area contributed by atoms with Crippen molar-refractivity contribution >= 4 is 19.2 Å². The third-order valence-corrected chi connectivity index (χ3v) is 8.41. The first-order valence-corrected chi connectivity index (χ1v) is 14.4. The number of benzene rings is 4. The number of para-hydroxylation sites is 2. The minimum atomic E-state index is -3.80. The molecule has 202 valence electrons. The number of nitrogens with one attached hydrogen (secondary N) is 2. The second-order valence-electron chi connectivity index (χ2n) is 9.38. The molecular formula is C31H33N2O5P. The van der Waals surface area contributed by atoms with Gasteiger partial charge in [-0.15, -0.1) is 0 Å². The SMILES string of the molecule is CC(C)C(Nc1ccc(C(=O)N[C@H](CO)c2ccccc2)cc1)P(=O)(Oc1ccccc1)Oc1ccccc1. The Morgan fingerprint density at radius 3 is 1.72 bits per heavy atom. The first-order chi connectivity index (χ1) is 18.9.